The predicted octanol–water partition coefficient (Wildman–Crippen LogP) is 4.41. The van der Waals surface area contributed by atoms with Crippen LogP contribution in [0.15, 0.2) is 48.5 Å². The van der Waals surface area contributed by atoms with Crippen molar-refractivity contribution in [3.63, 3.8) is 0 Å². The van der Waals surface area contributed by atoms with Gasteiger partial charge in [0.05, 0.1) is 11.2 Å². The standard InChI is InChI=1S/C19H18N2O/c1-12-4-7-15(8-5-12)19(22)21-18-11-14(3)20-17-9-6-13(2)10-16(17)18/h4-11H,1-3H3,(H,20,21,22). The van der Waals surface area contributed by atoms with Crippen molar-refractivity contribution in [2.45, 2.75) is 20.8 Å². The van der Waals surface area contributed by atoms with Crippen LogP contribution in [0.1, 0.15) is 27.2 Å². The molecule has 3 aromatic rings. The van der Waals surface area contributed by atoms with Crippen molar-refractivity contribution in [2.75, 3.05) is 5.32 Å². The van der Waals surface area contributed by atoms with Crippen molar-refractivity contribution in [1.82, 2.24) is 4.98 Å². The second-order valence-corrected chi connectivity index (χ2v) is 5.65. The number of hydrogen-bond donors (Lipinski definition) is 1. The van der Waals surface area contributed by atoms with Crippen molar-refractivity contribution in [2.24, 2.45) is 0 Å². The van der Waals surface area contributed by atoms with E-state index >= 15 is 0 Å². The lowest BCUT2D eigenvalue weighted by Gasteiger charge is -2.10. The van der Waals surface area contributed by atoms with Gasteiger partial charge in [-0.2, -0.15) is 0 Å². The quantitative estimate of drug-likeness (QED) is 0.759. The van der Waals surface area contributed by atoms with Gasteiger partial charge < -0.3 is 5.32 Å². The molecule has 0 bridgehead atoms. The number of aromatic nitrogens is 1. The molecule has 22 heavy (non-hydrogen) atoms. The van der Waals surface area contributed by atoms with Crippen LogP contribution >= 0.6 is 0 Å². The molecular weight excluding hydrogens is 272 g/mol. The van der Waals surface area contributed by atoms with E-state index in [1.54, 1.807) is 0 Å². The van der Waals surface area contributed by atoms with Gasteiger partial charge in [0.15, 0.2) is 0 Å². The summed E-state index contributed by atoms with van der Waals surface area (Å²) in [5.41, 5.74) is 5.51. The molecule has 1 heterocycles. The molecule has 110 valence electrons. The van der Waals surface area contributed by atoms with Gasteiger partial charge in [0.1, 0.15) is 0 Å². The maximum atomic E-state index is 12.4. The van der Waals surface area contributed by atoms with Gasteiger partial charge in [0.25, 0.3) is 5.91 Å². The van der Waals surface area contributed by atoms with E-state index in [-0.39, 0.29) is 5.91 Å². The first-order valence-electron chi connectivity index (χ1n) is 7.29. The van der Waals surface area contributed by atoms with Gasteiger partial charge in [0, 0.05) is 16.6 Å². The van der Waals surface area contributed by atoms with Crippen molar-refractivity contribution in [3.8, 4) is 0 Å². The summed E-state index contributed by atoms with van der Waals surface area (Å²) in [5.74, 6) is -0.103. The lowest BCUT2D eigenvalue weighted by Crippen LogP contribution is -2.12. The van der Waals surface area contributed by atoms with E-state index in [0.29, 0.717) is 5.56 Å². The summed E-state index contributed by atoms with van der Waals surface area (Å²) in [6.07, 6.45) is 0. The zero-order chi connectivity index (χ0) is 15.7. The van der Waals surface area contributed by atoms with Crippen LogP contribution < -0.4 is 5.32 Å². The highest BCUT2D eigenvalue weighted by atomic mass is 16.1. The first-order valence-corrected chi connectivity index (χ1v) is 7.29. The van der Waals surface area contributed by atoms with E-state index in [4.69, 9.17) is 0 Å². The summed E-state index contributed by atoms with van der Waals surface area (Å²) in [7, 11) is 0. The molecule has 2 aromatic carbocycles. The maximum Gasteiger partial charge on any atom is 0.255 e. The number of amides is 1. The first kappa shape index (κ1) is 14.3. The zero-order valence-electron chi connectivity index (χ0n) is 13.0. The second kappa shape index (κ2) is 5.60. The molecule has 1 amide bonds. The minimum absolute atomic E-state index is 0.103. The zero-order valence-corrected chi connectivity index (χ0v) is 13.0. The minimum Gasteiger partial charge on any atom is -0.321 e. The number of aryl methyl sites for hydroxylation is 3. The summed E-state index contributed by atoms with van der Waals surface area (Å²) in [6.45, 7) is 5.97. The molecule has 0 aliphatic rings. The van der Waals surface area contributed by atoms with E-state index in [1.165, 1.54) is 0 Å². The molecule has 0 saturated carbocycles. The summed E-state index contributed by atoms with van der Waals surface area (Å²) < 4.78 is 0. The van der Waals surface area contributed by atoms with Crippen LogP contribution in [-0.4, -0.2) is 10.9 Å². The van der Waals surface area contributed by atoms with E-state index in [0.717, 1.165) is 33.4 Å². The van der Waals surface area contributed by atoms with Crippen molar-refractivity contribution in [1.29, 1.82) is 0 Å². The topological polar surface area (TPSA) is 42.0 Å². The average Bonchev–Trinajstić information content (AvgIpc) is 2.48. The number of nitrogens with one attached hydrogen (secondary N) is 1. The van der Waals surface area contributed by atoms with E-state index in [1.807, 2.05) is 69.3 Å². The van der Waals surface area contributed by atoms with Gasteiger partial charge >= 0.3 is 0 Å². The fourth-order valence-electron chi connectivity index (χ4n) is 2.47. The fourth-order valence-corrected chi connectivity index (χ4v) is 2.47. The second-order valence-electron chi connectivity index (χ2n) is 5.65. The Morgan fingerprint density at radius 2 is 1.59 bits per heavy atom. The van der Waals surface area contributed by atoms with Crippen LogP contribution in [0, 0.1) is 20.8 Å². The number of carbonyl (C=O) groups is 1. The number of benzene rings is 2. The Kier molecular flexibility index (Phi) is 3.63. The van der Waals surface area contributed by atoms with Crippen LogP contribution in [0.5, 0.6) is 0 Å². The van der Waals surface area contributed by atoms with Crippen molar-refractivity contribution >= 4 is 22.5 Å². The lowest BCUT2D eigenvalue weighted by molar-refractivity contribution is 0.102. The smallest absolute Gasteiger partial charge is 0.255 e. The number of carbonyl (C=O) groups excluding carboxylic acids is 1. The monoisotopic (exact) mass is 290 g/mol. The molecule has 0 saturated heterocycles. The summed E-state index contributed by atoms with van der Waals surface area (Å²) in [4.78, 5) is 17.0. The summed E-state index contributed by atoms with van der Waals surface area (Å²) >= 11 is 0. The van der Waals surface area contributed by atoms with Crippen LogP contribution in [0.3, 0.4) is 0 Å². The van der Waals surface area contributed by atoms with Crippen LogP contribution in [0.25, 0.3) is 10.9 Å². The number of rotatable bonds is 2. The molecule has 0 aliphatic heterocycles. The molecule has 0 fully saturated rings. The van der Waals surface area contributed by atoms with Gasteiger partial charge in [-0.1, -0.05) is 29.3 Å². The van der Waals surface area contributed by atoms with Gasteiger partial charge in [0.2, 0.25) is 0 Å². The normalized spacial score (nSPS) is 10.7. The van der Waals surface area contributed by atoms with Gasteiger partial charge in [-0.05, 0) is 51.1 Å². The SMILES string of the molecule is Cc1ccc(C(=O)Nc2cc(C)nc3ccc(C)cc23)cc1. The fraction of sp³-hybridized carbons (Fsp3) is 0.158. The van der Waals surface area contributed by atoms with Crippen LogP contribution in [0.2, 0.25) is 0 Å². The molecule has 0 atom stereocenters. The number of hydrogen-bond acceptors (Lipinski definition) is 2. The van der Waals surface area contributed by atoms with Crippen molar-refractivity contribution in [3.05, 3.63) is 70.9 Å². The maximum absolute atomic E-state index is 12.4. The number of pyridine rings is 1. The Morgan fingerprint density at radius 3 is 2.32 bits per heavy atom. The molecule has 3 rings (SSSR count). The molecule has 0 spiro atoms. The average molecular weight is 290 g/mol. The minimum atomic E-state index is -0.103. The largest absolute Gasteiger partial charge is 0.321 e. The summed E-state index contributed by atoms with van der Waals surface area (Å²) in [6, 6.07) is 15.5. The Labute approximate surface area is 130 Å². The van der Waals surface area contributed by atoms with E-state index < -0.39 is 0 Å². The highest BCUT2D eigenvalue weighted by molar-refractivity contribution is 6.08. The molecule has 1 aromatic heterocycles. The van der Waals surface area contributed by atoms with Crippen LogP contribution in [-0.2, 0) is 0 Å². The van der Waals surface area contributed by atoms with Crippen LogP contribution in [0.4, 0.5) is 5.69 Å². The lowest BCUT2D eigenvalue weighted by atomic mass is 10.1. The molecular formula is C19H18N2O. The molecule has 0 aliphatic carbocycles. The third kappa shape index (κ3) is 2.84. The molecule has 1 N–H and O–H groups in total. The number of fused-ring (bicyclic) bond motifs is 1. The third-order valence-electron chi connectivity index (χ3n) is 3.65. The molecule has 3 nitrogen and oxygen atoms in total. The van der Waals surface area contributed by atoms with Gasteiger partial charge in [-0.25, -0.2) is 0 Å². The Balaban J connectivity index is 2.01. The number of nitrogens with zero attached hydrogens (tertiary/aromatic N) is 1. The molecule has 3 heteroatoms. The summed E-state index contributed by atoms with van der Waals surface area (Å²) in [5, 5.41) is 3.97. The Bertz CT molecular complexity index is 851. The Hall–Kier alpha value is -2.68. The van der Waals surface area contributed by atoms with E-state index in [9.17, 15) is 4.79 Å². The van der Waals surface area contributed by atoms with Crippen molar-refractivity contribution < 1.29 is 4.79 Å². The predicted molar refractivity (Wildman–Crippen MR) is 90.3 cm³/mol. The van der Waals surface area contributed by atoms with Gasteiger partial charge in [-0.3, -0.25) is 9.78 Å². The Morgan fingerprint density at radius 1 is 0.909 bits per heavy atom. The molecule has 0 unspecified atom stereocenters. The molecule has 0 radical (unpaired) electrons. The van der Waals surface area contributed by atoms with Gasteiger partial charge in [-0.15, -0.1) is 0 Å². The number of anilines is 1. The highest BCUT2D eigenvalue weighted by Gasteiger charge is 2.10. The third-order valence-corrected chi connectivity index (χ3v) is 3.65. The first-order chi connectivity index (χ1) is 10.5. The highest BCUT2D eigenvalue weighted by Crippen LogP contribution is 2.25. The van der Waals surface area contributed by atoms with E-state index in [2.05, 4.69) is 10.3 Å².